The van der Waals surface area contributed by atoms with Crippen molar-refractivity contribution in [2.75, 3.05) is 13.6 Å². The summed E-state index contributed by atoms with van der Waals surface area (Å²) in [6.45, 7) is 1.74. The van der Waals surface area contributed by atoms with Crippen molar-refractivity contribution in [2.45, 2.75) is 19.4 Å². The molecule has 1 atom stereocenters. The van der Waals surface area contributed by atoms with Crippen LogP contribution in [0.2, 0.25) is 0 Å². The molecule has 0 aliphatic carbocycles. The number of amides is 1. The highest BCUT2D eigenvalue weighted by atomic mass is 16.2. The summed E-state index contributed by atoms with van der Waals surface area (Å²) in [5.74, 6) is 1.59. The van der Waals surface area contributed by atoms with E-state index in [1.165, 1.54) is 0 Å². The number of hydrogen-bond acceptors (Lipinski definition) is 3. The number of imidazole rings is 1. The molecule has 5 nitrogen and oxygen atoms in total. The summed E-state index contributed by atoms with van der Waals surface area (Å²) >= 11 is 0. The van der Waals surface area contributed by atoms with Gasteiger partial charge in [-0.3, -0.25) is 9.78 Å². The molecule has 0 unspecified atom stereocenters. The fraction of sp³-hybridized carbons (Fsp3) is 0.400. The number of rotatable bonds is 3. The molecular formula is C15H18N4O. The second-order valence-corrected chi connectivity index (χ2v) is 5.30. The normalized spacial score (nSPS) is 17.6. The summed E-state index contributed by atoms with van der Waals surface area (Å²) in [7, 11) is 1.85. The van der Waals surface area contributed by atoms with Gasteiger partial charge in [0.15, 0.2) is 0 Å². The molecule has 1 amide bonds. The van der Waals surface area contributed by atoms with E-state index < -0.39 is 0 Å². The highest BCUT2D eigenvalue weighted by Crippen LogP contribution is 2.20. The molecule has 0 aromatic carbocycles. The topological polar surface area (TPSA) is 51.0 Å². The van der Waals surface area contributed by atoms with E-state index in [9.17, 15) is 4.79 Å². The van der Waals surface area contributed by atoms with Crippen LogP contribution in [0.1, 0.15) is 22.7 Å². The Morgan fingerprint density at radius 3 is 3.10 bits per heavy atom. The van der Waals surface area contributed by atoms with E-state index in [0.29, 0.717) is 11.6 Å². The average Bonchev–Trinajstić information content (AvgIpc) is 2.95. The van der Waals surface area contributed by atoms with Crippen molar-refractivity contribution in [1.29, 1.82) is 0 Å². The molecule has 0 fully saturated rings. The molecule has 0 N–H and O–H groups in total. The fourth-order valence-corrected chi connectivity index (χ4v) is 2.73. The number of nitrogens with zero attached hydrogens (tertiary/aromatic N) is 4. The van der Waals surface area contributed by atoms with Gasteiger partial charge in [-0.2, -0.15) is 0 Å². The van der Waals surface area contributed by atoms with Crippen molar-refractivity contribution in [3.8, 4) is 0 Å². The number of carbonyl (C=O) groups is 1. The lowest BCUT2D eigenvalue weighted by Crippen LogP contribution is -2.35. The van der Waals surface area contributed by atoms with E-state index in [1.54, 1.807) is 17.2 Å². The molecular weight excluding hydrogens is 252 g/mol. The minimum atomic E-state index is -0.0143. The van der Waals surface area contributed by atoms with Gasteiger partial charge in [0.05, 0.1) is 0 Å². The zero-order valence-corrected chi connectivity index (χ0v) is 11.6. The van der Waals surface area contributed by atoms with Gasteiger partial charge in [-0.05, 0) is 24.5 Å². The van der Waals surface area contributed by atoms with Crippen LogP contribution in [0.3, 0.4) is 0 Å². The molecule has 1 aliphatic heterocycles. The van der Waals surface area contributed by atoms with Gasteiger partial charge in [0.25, 0.3) is 5.91 Å². The van der Waals surface area contributed by atoms with Gasteiger partial charge in [0, 0.05) is 45.1 Å². The van der Waals surface area contributed by atoms with Crippen LogP contribution in [-0.2, 0) is 13.0 Å². The molecule has 20 heavy (non-hydrogen) atoms. The van der Waals surface area contributed by atoms with Crippen molar-refractivity contribution in [1.82, 2.24) is 19.4 Å². The number of hydrogen-bond donors (Lipinski definition) is 0. The average molecular weight is 270 g/mol. The Hall–Kier alpha value is -2.17. The highest BCUT2D eigenvalue weighted by Gasteiger charge is 2.22. The molecule has 3 heterocycles. The van der Waals surface area contributed by atoms with Crippen LogP contribution in [0, 0.1) is 5.92 Å². The van der Waals surface area contributed by atoms with Gasteiger partial charge in [0.2, 0.25) is 0 Å². The number of pyridine rings is 1. The first-order chi connectivity index (χ1) is 9.74. The molecule has 104 valence electrons. The molecule has 2 aromatic heterocycles. The first-order valence-corrected chi connectivity index (χ1v) is 6.90. The number of aryl methyl sites for hydroxylation is 1. The van der Waals surface area contributed by atoms with Gasteiger partial charge in [0.1, 0.15) is 11.5 Å². The van der Waals surface area contributed by atoms with Crippen molar-refractivity contribution < 1.29 is 4.79 Å². The first-order valence-electron chi connectivity index (χ1n) is 6.90. The molecule has 0 bridgehead atoms. The van der Waals surface area contributed by atoms with Gasteiger partial charge in [-0.15, -0.1) is 0 Å². The molecule has 2 aromatic rings. The van der Waals surface area contributed by atoms with Crippen molar-refractivity contribution >= 4 is 5.91 Å². The van der Waals surface area contributed by atoms with Crippen LogP contribution in [0.4, 0.5) is 0 Å². The molecule has 0 saturated carbocycles. The summed E-state index contributed by atoms with van der Waals surface area (Å²) in [6, 6.07) is 5.41. The van der Waals surface area contributed by atoms with Crippen LogP contribution in [0.25, 0.3) is 0 Å². The fourth-order valence-electron chi connectivity index (χ4n) is 2.73. The van der Waals surface area contributed by atoms with E-state index in [0.717, 1.165) is 31.8 Å². The molecule has 0 radical (unpaired) electrons. The molecule has 3 rings (SSSR count). The monoisotopic (exact) mass is 270 g/mol. The third-order valence-electron chi connectivity index (χ3n) is 3.81. The zero-order valence-electron chi connectivity index (χ0n) is 11.6. The maximum absolute atomic E-state index is 12.3. The van der Waals surface area contributed by atoms with Crippen molar-refractivity contribution in [3.63, 3.8) is 0 Å². The smallest absolute Gasteiger partial charge is 0.272 e. The van der Waals surface area contributed by atoms with Crippen LogP contribution in [-0.4, -0.2) is 38.9 Å². The van der Waals surface area contributed by atoms with Gasteiger partial charge >= 0.3 is 0 Å². The predicted molar refractivity (Wildman–Crippen MR) is 75.2 cm³/mol. The number of aromatic nitrogens is 3. The Balaban J connectivity index is 1.63. The maximum atomic E-state index is 12.3. The van der Waals surface area contributed by atoms with Crippen molar-refractivity contribution in [3.05, 3.63) is 48.3 Å². The lowest BCUT2D eigenvalue weighted by Gasteiger charge is -2.27. The van der Waals surface area contributed by atoms with Crippen LogP contribution in [0.5, 0.6) is 0 Å². The predicted octanol–water partition coefficient (Wildman–Crippen LogP) is 1.61. The Kier molecular flexibility index (Phi) is 3.50. The van der Waals surface area contributed by atoms with E-state index in [2.05, 4.69) is 14.5 Å². The van der Waals surface area contributed by atoms with Gasteiger partial charge < -0.3 is 9.47 Å². The van der Waals surface area contributed by atoms with E-state index >= 15 is 0 Å². The van der Waals surface area contributed by atoms with E-state index in [4.69, 9.17) is 0 Å². The lowest BCUT2D eigenvalue weighted by molar-refractivity contribution is 0.0758. The highest BCUT2D eigenvalue weighted by molar-refractivity contribution is 5.92. The minimum absolute atomic E-state index is 0.0143. The molecule has 5 heteroatoms. The Morgan fingerprint density at radius 1 is 1.40 bits per heavy atom. The van der Waals surface area contributed by atoms with E-state index in [1.807, 2.05) is 31.6 Å². The molecule has 1 aliphatic rings. The zero-order chi connectivity index (χ0) is 13.9. The van der Waals surface area contributed by atoms with Crippen LogP contribution < -0.4 is 0 Å². The third-order valence-corrected chi connectivity index (χ3v) is 3.81. The quantitative estimate of drug-likeness (QED) is 0.851. The second-order valence-electron chi connectivity index (χ2n) is 5.30. The molecule has 0 saturated heterocycles. The Bertz CT molecular complexity index is 593. The summed E-state index contributed by atoms with van der Waals surface area (Å²) in [5.41, 5.74) is 0.507. The second kappa shape index (κ2) is 5.45. The van der Waals surface area contributed by atoms with Crippen LogP contribution in [0.15, 0.2) is 36.8 Å². The largest absolute Gasteiger partial charge is 0.340 e. The Morgan fingerprint density at radius 2 is 2.30 bits per heavy atom. The number of carbonyl (C=O) groups excluding carboxylic acids is 1. The minimum Gasteiger partial charge on any atom is -0.340 e. The SMILES string of the molecule is CN(C[C@H]1CCn2ccnc2C1)C(=O)c1ccccn1. The first kappa shape index (κ1) is 12.8. The standard InChI is InChI=1S/C15H18N4O/c1-18(15(20)13-4-2-3-6-16-13)11-12-5-8-19-9-7-17-14(19)10-12/h2-4,6-7,9,12H,5,8,10-11H2,1H3/t12-/m0/s1. The number of fused-ring (bicyclic) bond motifs is 1. The Labute approximate surface area is 118 Å². The summed E-state index contributed by atoms with van der Waals surface area (Å²) in [6.07, 6.45) is 7.54. The van der Waals surface area contributed by atoms with E-state index in [-0.39, 0.29) is 5.91 Å². The lowest BCUT2D eigenvalue weighted by atomic mass is 9.97. The van der Waals surface area contributed by atoms with Crippen LogP contribution >= 0.6 is 0 Å². The summed E-state index contributed by atoms with van der Waals surface area (Å²) < 4.78 is 2.19. The van der Waals surface area contributed by atoms with Gasteiger partial charge in [-0.1, -0.05) is 6.07 Å². The third kappa shape index (κ3) is 2.57. The molecule has 0 spiro atoms. The van der Waals surface area contributed by atoms with Gasteiger partial charge in [-0.25, -0.2) is 4.98 Å². The maximum Gasteiger partial charge on any atom is 0.272 e. The summed E-state index contributed by atoms with van der Waals surface area (Å²) in [4.78, 5) is 22.5. The summed E-state index contributed by atoms with van der Waals surface area (Å²) in [5, 5.41) is 0. The van der Waals surface area contributed by atoms with Crippen molar-refractivity contribution in [2.24, 2.45) is 5.92 Å².